The minimum atomic E-state index is -1.12. The van der Waals surface area contributed by atoms with E-state index in [-0.39, 0.29) is 23.1 Å². The SMILES string of the molecule is COc1ccc(CC(C)C(=O)Nc2cc(Cl)ccc2C(=O)O)cc1. The van der Waals surface area contributed by atoms with Gasteiger partial charge in [0.25, 0.3) is 0 Å². The summed E-state index contributed by atoms with van der Waals surface area (Å²) in [5, 5.41) is 12.2. The smallest absolute Gasteiger partial charge is 0.337 e. The van der Waals surface area contributed by atoms with Gasteiger partial charge in [0.2, 0.25) is 5.91 Å². The minimum Gasteiger partial charge on any atom is -0.497 e. The number of aromatic carboxylic acids is 1. The Hall–Kier alpha value is -2.53. The van der Waals surface area contributed by atoms with Gasteiger partial charge in [0.1, 0.15) is 5.75 Å². The summed E-state index contributed by atoms with van der Waals surface area (Å²) in [5.41, 5.74) is 1.19. The monoisotopic (exact) mass is 347 g/mol. The van der Waals surface area contributed by atoms with E-state index in [1.165, 1.54) is 18.2 Å². The maximum atomic E-state index is 12.4. The van der Waals surface area contributed by atoms with Gasteiger partial charge in [-0.2, -0.15) is 0 Å². The molecular weight excluding hydrogens is 330 g/mol. The number of carboxylic acid groups (broad SMARTS) is 1. The Morgan fingerprint density at radius 1 is 1.21 bits per heavy atom. The Labute approximate surface area is 145 Å². The largest absolute Gasteiger partial charge is 0.497 e. The number of rotatable bonds is 6. The number of ether oxygens (including phenoxy) is 1. The van der Waals surface area contributed by atoms with Crippen molar-refractivity contribution in [3.05, 3.63) is 58.6 Å². The molecule has 0 spiro atoms. The lowest BCUT2D eigenvalue weighted by atomic mass is 10.00. The van der Waals surface area contributed by atoms with Crippen LogP contribution in [-0.2, 0) is 11.2 Å². The van der Waals surface area contributed by atoms with Crippen LogP contribution in [0.2, 0.25) is 5.02 Å². The summed E-state index contributed by atoms with van der Waals surface area (Å²) in [7, 11) is 1.59. The standard InChI is InChI=1S/C18H18ClNO4/c1-11(9-12-3-6-14(24-2)7-4-12)17(21)20-16-10-13(19)5-8-15(16)18(22)23/h3-8,10-11H,9H2,1-2H3,(H,20,21)(H,22,23). The number of methoxy groups -OCH3 is 1. The quantitative estimate of drug-likeness (QED) is 0.831. The highest BCUT2D eigenvalue weighted by Crippen LogP contribution is 2.22. The summed E-state index contributed by atoms with van der Waals surface area (Å²) in [6, 6.07) is 11.7. The van der Waals surface area contributed by atoms with Crippen molar-refractivity contribution in [1.82, 2.24) is 0 Å². The Balaban J connectivity index is 2.08. The van der Waals surface area contributed by atoms with Gasteiger partial charge in [-0.05, 0) is 42.3 Å². The van der Waals surface area contributed by atoms with Gasteiger partial charge < -0.3 is 15.2 Å². The second kappa shape index (κ2) is 7.84. The first-order valence-electron chi connectivity index (χ1n) is 7.37. The molecule has 0 bridgehead atoms. The van der Waals surface area contributed by atoms with Crippen molar-refractivity contribution in [3.8, 4) is 5.75 Å². The summed E-state index contributed by atoms with van der Waals surface area (Å²) in [6.07, 6.45) is 0.527. The number of carbonyl (C=O) groups is 2. The van der Waals surface area contributed by atoms with Crippen molar-refractivity contribution in [3.63, 3.8) is 0 Å². The van der Waals surface area contributed by atoms with E-state index < -0.39 is 5.97 Å². The Bertz CT molecular complexity index is 743. The molecule has 0 heterocycles. The molecule has 2 aromatic rings. The number of benzene rings is 2. The maximum Gasteiger partial charge on any atom is 0.337 e. The fourth-order valence-electron chi connectivity index (χ4n) is 2.27. The average molecular weight is 348 g/mol. The van der Waals surface area contributed by atoms with E-state index in [0.29, 0.717) is 11.4 Å². The summed E-state index contributed by atoms with van der Waals surface area (Å²) < 4.78 is 5.10. The number of anilines is 1. The fourth-order valence-corrected chi connectivity index (χ4v) is 2.44. The van der Waals surface area contributed by atoms with Crippen LogP contribution in [0.3, 0.4) is 0 Å². The van der Waals surface area contributed by atoms with Crippen LogP contribution < -0.4 is 10.1 Å². The molecule has 1 unspecified atom stereocenters. The van der Waals surface area contributed by atoms with Crippen molar-refractivity contribution in [2.75, 3.05) is 12.4 Å². The second-order valence-corrected chi connectivity index (χ2v) is 5.87. The van der Waals surface area contributed by atoms with Crippen LogP contribution >= 0.6 is 11.6 Å². The van der Waals surface area contributed by atoms with E-state index in [4.69, 9.17) is 16.3 Å². The van der Waals surface area contributed by atoms with Crippen molar-refractivity contribution >= 4 is 29.2 Å². The summed E-state index contributed by atoms with van der Waals surface area (Å²) in [4.78, 5) is 23.6. The third kappa shape index (κ3) is 4.49. The van der Waals surface area contributed by atoms with Gasteiger partial charge in [-0.15, -0.1) is 0 Å². The summed E-state index contributed by atoms with van der Waals surface area (Å²) in [5.74, 6) is -0.972. The van der Waals surface area contributed by atoms with Gasteiger partial charge in [-0.25, -0.2) is 4.79 Å². The molecule has 1 amide bonds. The third-order valence-electron chi connectivity index (χ3n) is 3.62. The molecule has 0 saturated carbocycles. The lowest BCUT2D eigenvalue weighted by molar-refractivity contribution is -0.119. The molecule has 0 aliphatic rings. The first-order valence-corrected chi connectivity index (χ1v) is 7.75. The molecule has 1 atom stereocenters. The van der Waals surface area contributed by atoms with Gasteiger partial charge >= 0.3 is 5.97 Å². The highest BCUT2D eigenvalue weighted by atomic mass is 35.5. The predicted octanol–water partition coefficient (Wildman–Crippen LogP) is 3.86. The van der Waals surface area contributed by atoms with E-state index in [1.807, 2.05) is 24.3 Å². The van der Waals surface area contributed by atoms with Crippen molar-refractivity contribution in [2.24, 2.45) is 5.92 Å². The molecule has 0 radical (unpaired) electrons. The summed E-state index contributed by atoms with van der Waals surface area (Å²) in [6.45, 7) is 1.78. The lowest BCUT2D eigenvalue weighted by Crippen LogP contribution is -2.23. The van der Waals surface area contributed by atoms with E-state index in [0.717, 1.165) is 11.3 Å². The van der Waals surface area contributed by atoms with E-state index >= 15 is 0 Å². The molecule has 2 N–H and O–H groups in total. The van der Waals surface area contributed by atoms with E-state index in [9.17, 15) is 14.7 Å². The molecular formula is C18H18ClNO4. The lowest BCUT2D eigenvalue weighted by Gasteiger charge is -2.14. The number of nitrogens with one attached hydrogen (secondary N) is 1. The zero-order valence-electron chi connectivity index (χ0n) is 13.4. The predicted molar refractivity (Wildman–Crippen MR) is 92.9 cm³/mol. The highest BCUT2D eigenvalue weighted by molar-refractivity contribution is 6.31. The van der Waals surface area contributed by atoms with Gasteiger partial charge in [-0.3, -0.25) is 4.79 Å². The van der Waals surface area contributed by atoms with Crippen LogP contribution in [0.15, 0.2) is 42.5 Å². The Morgan fingerprint density at radius 2 is 1.88 bits per heavy atom. The number of amides is 1. The Kier molecular flexibility index (Phi) is 5.82. The topological polar surface area (TPSA) is 75.6 Å². The van der Waals surface area contributed by atoms with Gasteiger partial charge in [0.05, 0.1) is 18.4 Å². The fraction of sp³-hybridized carbons (Fsp3) is 0.222. The first kappa shape index (κ1) is 17.8. The molecule has 24 heavy (non-hydrogen) atoms. The van der Waals surface area contributed by atoms with Crippen molar-refractivity contribution < 1.29 is 19.4 Å². The van der Waals surface area contributed by atoms with Crippen LogP contribution in [0.25, 0.3) is 0 Å². The van der Waals surface area contributed by atoms with E-state index in [1.54, 1.807) is 14.0 Å². The van der Waals surface area contributed by atoms with Crippen LogP contribution in [0, 0.1) is 5.92 Å². The maximum absolute atomic E-state index is 12.4. The van der Waals surface area contributed by atoms with Crippen LogP contribution in [-0.4, -0.2) is 24.1 Å². The van der Waals surface area contributed by atoms with Crippen LogP contribution in [0.4, 0.5) is 5.69 Å². The minimum absolute atomic E-state index is 0.00407. The van der Waals surface area contributed by atoms with E-state index in [2.05, 4.69) is 5.32 Å². The van der Waals surface area contributed by atoms with Crippen molar-refractivity contribution in [1.29, 1.82) is 0 Å². The number of halogens is 1. The number of hydrogen-bond acceptors (Lipinski definition) is 3. The highest BCUT2D eigenvalue weighted by Gasteiger charge is 2.18. The number of hydrogen-bond donors (Lipinski definition) is 2. The summed E-state index contributed by atoms with van der Waals surface area (Å²) >= 11 is 5.89. The molecule has 0 aliphatic carbocycles. The molecule has 0 aliphatic heterocycles. The van der Waals surface area contributed by atoms with Crippen LogP contribution in [0.1, 0.15) is 22.8 Å². The first-order chi connectivity index (χ1) is 11.4. The molecule has 0 aromatic heterocycles. The van der Waals surface area contributed by atoms with Crippen LogP contribution in [0.5, 0.6) is 5.75 Å². The molecule has 2 rings (SSSR count). The second-order valence-electron chi connectivity index (χ2n) is 5.44. The Morgan fingerprint density at radius 3 is 2.46 bits per heavy atom. The molecule has 126 valence electrons. The molecule has 0 saturated heterocycles. The van der Waals surface area contributed by atoms with Gasteiger partial charge in [0.15, 0.2) is 0 Å². The average Bonchev–Trinajstić information content (AvgIpc) is 2.55. The van der Waals surface area contributed by atoms with Gasteiger partial charge in [0, 0.05) is 10.9 Å². The molecule has 2 aromatic carbocycles. The normalized spacial score (nSPS) is 11.6. The zero-order valence-corrected chi connectivity index (χ0v) is 14.1. The van der Waals surface area contributed by atoms with Gasteiger partial charge in [-0.1, -0.05) is 30.7 Å². The molecule has 5 nitrogen and oxygen atoms in total. The molecule has 6 heteroatoms. The molecule has 0 fully saturated rings. The third-order valence-corrected chi connectivity index (χ3v) is 3.85. The van der Waals surface area contributed by atoms with Crippen molar-refractivity contribution in [2.45, 2.75) is 13.3 Å². The zero-order chi connectivity index (χ0) is 17.7. The number of carbonyl (C=O) groups excluding carboxylic acids is 1. The number of carboxylic acids is 1.